The second kappa shape index (κ2) is 6.44. The van der Waals surface area contributed by atoms with Crippen molar-refractivity contribution in [3.63, 3.8) is 0 Å². The summed E-state index contributed by atoms with van der Waals surface area (Å²) in [5.74, 6) is -0.838. The van der Waals surface area contributed by atoms with Gasteiger partial charge in [-0.2, -0.15) is 0 Å². The van der Waals surface area contributed by atoms with Gasteiger partial charge in [0.1, 0.15) is 0 Å². The fraction of sp³-hybridized carbons (Fsp3) is 0.818. The fourth-order valence-electron chi connectivity index (χ4n) is 1.77. The summed E-state index contributed by atoms with van der Waals surface area (Å²) in [4.78, 5) is 23.6. The summed E-state index contributed by atoms with van der Waals surface area (Å²) in [5.41, 5.74) is 0. The zero-order chi connectivity index (χ0) is 12.8. The number of nitrogens with one attached hydrogen (secondary N) is 1. The van der Waals surface area contributed by atoms with Crippen LogP contribution in [0.3, 0.4) is 0 Å². The van der Waals surface area contributed by atoms with Crippen LogP contribution in [0.15, 0.2) is 0 Å². The van der Waals surface area contributed by atoms with Crippen LogP contribution < -0.4 is 5.32 Å². The Hall–Kier alpha value is -1.30. The number of nitrogens with zero attached hydrogens (tertiary/aromatic N) is 1. The van der Waals surface area contributed by atoms with E-state index in [0.29, 0.717) is 13.0 Å². The number of carbonyl (C=O) groups excluding carboxylic acids is 1. The minimum Gasteiger partial charge on any atom is -0.481 e. The topological polar surface area (TPSA) is 78.9 Å². The van der Waals surface area contributed by atoms with E-state index in [1.165, 1.54) is 0 Å². The molecule has 0 saturated heterocycles. The maximum atomic E-state index is 11.6. The van der Waals surface area contributed by atoms with Gasteiger partial charge < -0.3 is 20.1 Å². The van der Waals surface area contributed by atoms with Gasteiger partial charge in [0, 0.05) is 33.2 Å². The van der Waals surface area contributed by atoms with Crippen LogP contribution in [0.5, 0.6) is 0 Å². The number of methoxy groups -OCH3 is 1. The summed E-state index contributed by atoms with van der Waals surface area (Å²) in [6.45, 7) is 0.399. The summed E-state index contributed by atoms with van der Waals surface area (Å²) >= 11 is 0. The Morgan fingerprint density at radius 3 is 2.65 bits per heavy atom. The lowest BCUT2D eigenvalue weighted by Gasteiger charge is -2.40. The first-order valence-electron chi connectivity index (χ1n) is 5.79. The van der Waals surface area contributed by atoms with Crippen molar-refractivity contribution >= 4 is 12.0 Å². The average Bonchev–Trinajstić information content (AvgIpc) is 2.22. The molecule has 2 amide bonds. The van der Waals surface area contributed by atoms with Gasteiger partial charge >= 0.3 is 12.0 Å². The van der Waals surface area contributed by atoms with Crippen LogP contribution in [-0.4, -0.2) is 54.9 Å². The Morgan fingerprint density at radius 1 is 1.47 bits per heavy atom. The van der Waals surface area contributed by atoms with Crippen molar-refractivity contribution in [1.29, 1.82) is 0 Å². The fourth-order valence-corrected chi connectivity index (χ4v) is 1.77. The molecule has 0 aromatic carbocycles. The van der Waals surface area contributed by atoms with Crippen LogP contribution in [0.1, 0.15) is 25.7 Å². The predicted molar refractivity (Wildman–Crippen MR) is 61.9 cm³/mol. The lowest BCUT2D eigenvalue weighted by atomic mass is 9.88. The Labute approximate surface area is 101 Å². The van der Waals surface area contributed by atoms with E-state index in [0.717, 1.165) is 12.8 Å². The van der Waals surface area contributed by atoms with Crippen LogP contribution in [0.25, 0.3) is 0 Å². The number of urea groups is 1. The molecule has 1 saturated carbocycles. The van der Waals surface area contributed by atoms with Gasteiger partial charge in [-0.05, 0) is 19.3 Å². The molecule has 2 N–H and O–H groups in total. The van der Waals surface area contributed by atoms with Gasteiger partial charge in [-0.3, -0.25) is 4.79 Å². The highest BCUT2D eigenvalue weighted by molar-refractivity contribution is 5.74. The van der Waals surface area contributed by atoms with Crippen molar-refractivity contribution < 1.29 is 19.4 Å². The number of carboxylic acid groups (broad SMARTS) is 1. The molecular formula is C11H20N2O4. The highest BCUT2D eigenvalue weighted by atomic mass is 16.5. The number of ether oxygens (including phenoxy) is 1. The van der Waals surface area contributed by atoms with Crippen molar-refractivity contribution in [2.24, 2.45) is 0 Å². The molecular weight excluding hydrogens is 224 g/mol. The first-order chi connectivity index (χ1) is 8.04. The van der Waals surface area contributed by atoms with Crippen LogP contribution in [0.2, 0.25) is 0 Å². The van der Waals surface area contributed by atoms with Crippen LogP contribution in [0, 0.1) is 0 Å². The van der Waals surface area contributed by atoms with Crippen molar-refractivity contribution in [3.05, 3.63) is 0 Å². The van der Waals surface area contributed by atoms with E-state index in [1.54, 1.807) is 19.1 Å². The lowest BCUT2D eigenvalue weighted by molar-refractivity contribution is -0.137. The molecule has 1 fully saturated rings. The summed E-state index contributed by atoms with van der Waals surface area (Å²) in [6.07, 6.45) is 2.55. The molecule has 0 aromatic rings. The SMILES string of the molecule is COC1CC(N(C)C(=O)NCCCC(=O)O)C1. The first-order valence-corrected chi connectivity index (χ1v) is 5.79. The van der Waals surface area contributed by atoms with Gasteiger partial charge in [-0.25, -0.2) is 4.79 Å². The number of aliphatic carboxylic acids is 1. The second-order valence-electron chi connectivity index (χ2n) is 4.32. The quantitative estimate of drug-likeness (QED) is 0.673. The number of rotatable bonds is 6. The molecule has 17 heavy (non-hydrogen) atoms. The van der Waals surface area contributed by atoms with Crippen LogP contribution in [0.4, 0.5) is 4.79 Å². The normalized spacial score (nSPS) is 22.7. The highest BCUT2D eigenvalue weighted by Crippen LogP contribution is 2.26. The molecule has 98 valence electrons. The van der Waals surface area contributed by atoms with Crippen LogP contribution >= 0.6 is 0 Å². The third-order valence-corrected chi connectivity index (χ3v) is 3.11. The molecule has 1 aliphatic rings. The molecule has 6 heteroatoms. The number of carboxylic acids is 1. The predicted octanol–water partition coefficient (Wildman–Crippen LogP) is 0.670. The molecule has 1 rings (SSSR count). The molecule has 1 aliphatic carbocycles. The van der Waals surface area contributed by atoms with Crippen molar-refractivity contribution in [2.75, 3.05) is 20.7 Å². The van der Waals surface area contributed by atoms with Gasteiger partial charge in [0.2, 0.25) is 0 Å². The van der Waals surface area contributed by atoms with Gasteiger partial charge in [0.25, 0.3) is 0 Å². The molecule has 0 aromatic heterocycles. The summed E-state index contributed by atoms with van der Waals surface area (Å²) in [5, 5.41) is 11.1. The summed E-state index contributed by atoms with van der Waals surface area (Å²) in [6, 6.07) is 0.0920. The van der Waals surface area contributed by atoms with E-state index in [9.17, 15) is 9.59 Å². The van der Waals surface area contributed by atoms with Gasteiger partial charge in [0.05, 0.1) is 6.10 Å². The van der Waals surface area contributed by atoms with Crippen molar-refractivity contribution in [2.45, 2.75) is 37.8 Å². The van der Waals surface area contributed by atoms with Gasteiger partial charge in [0.15, 0.2) is 0 Å². The molecule has 0 radical (unpaired) electrons. The van der Waals surface area contributed by atoms with Gasteiger partial charge in [-0.1, -0.05) is 0 Å². The number of hydrogen-bond acceptors (Lipinski definition) is 3. The lowest BCUT2D eigenvalue weighted by Crippen LogP contribution is -2.51. The summed E-state index contributed by atoms with van der Waals surface area (Å²) < 4.78 is 5.15. The maximum Gasteiger partial charge on any atom is 0.317 e. The number of amides is 2. The second-order valence-corrected chi connectivity index (χ2v) is 4.32. The third kappa shape index (κ3) is 4.22. The molecule has 0 bridgehead atoms. The zero-order valence-corrected chi connectivity index (χ0v) is 10.3. The largest absolute Gasteiger partial charge is 0.481 e. The van der Waals surface area contributed by atoms with E-state index in [2.05, 4.69) is 5.32 Å². The molecule has 0 atom stereocenters. The van der Waals surface area contributed by atoms with E-state index in [4.69, 9.17) is 9.84 Å². The molecule has 0 unspecified atom stereocenters. The summed E-state index contributed by atoms with van der Waals surface area (Å²) in [7, 11) is 3.43. The van der Waals surface area contributed by atoms with E-state index in [1.807, 2.05) is 0 Å². The molecule has 0 heterocycles. The van der Waals surface area contributed by atoms with E-state index in [-0.39, 0.29) is 24.6 Å². The Morgan fingerprint density at radius 2 is 2.12 bits per heavy atom. The van der Waals surface area contributed by atoms with Crippen molar-refractivity contribution in [1.82, 2.24) is 10.2 Å². The minimum absolute atomic E-state index is 0.0825. The number of carbonyl (C=O) groups is 2. The third-order valence-electron chi connectivity index (χ3n) is 3.11. The smallest absolute Gasteiger partial charge is 0.317 e. The monoisotopic (exact) mass is 244 g/mol. The molecule has 0 aliphatic heterocycles. The standard InChI is InChI=1S/C11H20N2O4/c1-13(8-6-9(7-8)17-2)11(16)12-5-3-4-10(14)15/h8-9H,3-7H2,1-2H3,(H,12,16)(H,14,15). The zero-order valence-electron chi connectivity index (χ0n) is 10.3. The number of hydrogen-bond donors (Lipinski definition) is 2. The minimum atomic E-state index is -0.838. The highest BCUT2D eigenvalue weighted by Gasteiger charge is 2.33. The molecule has 6 nitrogen and oxygen atoms in total. The van der Waals surface area contributed by atoms with Crippen LogP contribution in [-0.2, 0) is 9.53 Å². The Balaban J connectivity index is 2.13. The van der Waals surface area contributed by atoms with E-state index >= 15 is 0 Å². The van der Waals surface area contributed by atoms with Crippen molar-refractivity contribution in [3.8, 4) is 0 Å². The van der Waals surface area contributed by atoms with E-state index < -0.39 is 5.97 Å². The van der Waals surface area contributed by atoms with Gasteiger partial charge in [-0.15, -0.1) is 0 Å². The Bertz CT molecular complexity index is 277. The molecule has 0 spiro atoms. The maximum absolute atomic E-state index is 11.6. The average molecular weight is 244 g/mol. The first kappa shape index (κ1) is 13.8. The Kier molecular flexibility index (Phi) is 5.21.